The van der Waals surface area contributed by atoms with Crippen molar-refractivity contribution in [3.63, 3.8) is 0 Å². The highest BCUT2D eigenvalue weighted by molar-refractivity contribution is 7.10. The number of aromatic nitrogens is 2. The number of rotatable bonds is 6. The highest BCUT2D eigenvalue weighted by Gasteiger charge is 2.18. The third-order valence-electron chi connectivity index (χ3n) is 2.94. The summed E-state index contributed by atoms with van der Waals surface area (Å²) in [7, 11) is 0. The Balaban J connectivity index is 1.54. The standard InChI is InChI=1S/C14H13N5O2S3/c20-12(15-7-9-3-1-5-22-9)11-13(24-19-18-11)17-14(21)16-8-10-4-2-6-23-10/h1-6H,7-8H2,(H,15,20)(H2,16,17,21). The average Bonchev–Trinajstić information content (AvgIpc) is 3.32. The molecular weight excluding hydrogens is 366 g/mol. The Hall–Kier alpha value is -2.30. The van der Waals surface area contributed by atoms with Gasteiger partial charge < -0.3 is 10.6 Å². The van der Waals surface area contributed by atoms with Crippen LogP contribution in [0.4, 0.5) is 9.80 Å². The number of hydrogen-bond donors (Lipinski definition) is 3. The molecule has 124 valence electrons. The van der Waals surface area contributed by atoms with Gasteiger partial charge in [0.15, 0.2) is 10.7 Å². The molecule has 3 amide bonds. The summed E-state index contributed by atoms with van der Waals surface area (Å²) in [4.78, 5) is 26.2. The molecule has 10 heteroatoms. The second kappa shape index (κ2) is 7.99. The number of carbonyl (C=O) groups excluding carboxylic acids is 2. The second-order valence-corrected chi connectivity index (χ2v) is 7.42. The minimum atomic E-state index is -0.401. The Bertz CT molecular complexity index is 798. The van der Waals surface area contributed by atoms with Gasteiger partial charge in [-0.1, -0.05) is 16.6 Å². The lowest BCUT2D eigenvalue weighted by Gasteiger charge is -2.06. The molecular formula is C14H13N5O2S3. The summed E-state index contributed by atoms with van der Waals surface area (Å²) in [6.45, 7) is 0.841. The van der Waals surface area contributed by atoms with Crippen LogP contribution >= 0.6 is 34.2 Å². The van der Waals surface area contributed by atoms with Gasteiger partial charge in [0.25, 0.3) is 5.91 Å². The predicted octanol–water partition coefficient (Wildman–Crippen LogP) is 2.91. The van der Waals surface area contributed by atoms with Crippen molar-refractivity contribution in [1.29, 1.82) is 0 Å². The van der Waals surface area contributed by atoms with E-state index in [9.17, 15) is 9.59 Å². The molecule has 0 bridgehead atoms. The van der Waals surface area contributed by atoms with Crippen LogP contribution in [0.3, 0.4) is 0 Å². The maximum Gasteiger partial charge on any atom is 0.320 e. The van der Waals surface area contributed by atoms with E-state index in [0.29, 0.717) is 18.1 Å². The van der Waals surface area contributed by atoms with E-state index < -0.39 is 6.03 Å². The van der Waals surface area contributed by atoms with Crippen molar-refractivity contribution < 1.29 is 9.59 Å². The van der Waals surface area contributed by atoms with Crippen LogP contribution < -0.4 is 16.0 Å². The molecule has 3 heterocycles. The van der Waals surface area contributed by atoms with Crippen LogP contribution in [0.2, 0.25) is 0 Å². The van der Waals surface area contributed by atoms with Crippen molar-refractivity contribution >= 4 is 51.1 Å². The number of carbonyl (C=O) groups is 2. The van der Waals surface area contributed by atoms with Crippen molar-refractivity contribution in [3.8, 4) is 0 Å². The van der Waals surface area contributed by atoms with E-state index in [1.54, 1.807) is 22.7 Å². The van der Waals surface area contributed by atoms with Crippen molar-refractivity contribution in [3.05, 3.63) is 50.5 Å². The number of nitrogens with zero attached hydrogens (tertiary/aromatic N) is 2. The predicted molar refractivity (Wildman–Crippen MR) is 95.6 cm³/mol. The van der Waals surface area contributed by atoms with E-state index >= 15 is 0 Å². The monoisotopic (exact) mass is 379 g/mol. The van der Waals surface area contributed by atoms with Crippen LogP contribution in [0.5, 0.6) is 0 Å². The molecule has 0 aromatic carbocycles. The van der Waals surface area contributed by atoms with Gasteiger partial charge in [-0.25, -0.2) is 4.79 Å². The normalized spacial score (nSPS) is 10.3. The van der Waals surface area contributed by atoms with Crippen molar-refractivity contribution in [2.45, 2.75) is 13.1 Å². The molecule has 0 saturated heterocycles. The highest BCUT2D eigenvalue weighted by Crippen LogP contribution is 2.18. The third-order valence-corrected chi connectivity index (χ3v) is 5.33. The third kappa shape index (κ3) is 4.37. The topological polar surface area (TPSA) is 96.0 Å². The molecule has 0 atom stereocenters. The van der Waals surface area contributed by atoms with Gasteiger partial charge in [-0.3, -0.25) is 10.1 Å². The van der Waals surface area contributed by atoms with E-state index in [2.05, 4.69) is 25.5 Å². The van der Waals surface area contributed by atoms with Gasteiger partial charge in [0.1, 0.15) is 0 Å². The zero-order valence-electron chi connectivity index (χ0n) is 12.3. The Labute approximate surface area is 149 Å². The Morgan fingerprint density at radius 1 is 1.00 bits per heavy atom. The van der Waals surface area contributed by atoms with Gasteiger partial charge in [0.05, 0.1) is 13.1 Å². The summed E-state index contributed by atoms with van der Waals surface area (Å²) in [6.07, 6.45) is 0. The Morgan fingerprint density at radius 3 is 2.29 bits per heavy atom. The van der Waals surface area contributed by atoms with Gasteiger partial charge >= 0.3 is 6.03 Å². The molecule has 0 saturated carbocycles. The zero-order chi connectivity index (χ0) is 16.8. The van der Waals surface area contributed by atoms with Crippen molar-refractivity contribution in [1.82, 2.24) is 20.2 Å². The van der Waals surface area contributed by atoms with Gasteiger partial charge in [-0.15, -0.1) is 27.8 Å². The minimum absolute atomic E-state index is 0.114. The summed E-state index contributed by atoms with van der Waals surface area (Å²) < 4.78 is 3.74. The van der Waals surface area contributed by atoms with E-state index in [1.807, 2.05) is 35.0 Å². The van der Waals surface area contributed by atoms with Crippen LogP contribution in [0, 0.1) is 0 Å². The second-order valence-electron chi connectivity index (χ2n) is 4.60. The first kappa shape index (κ1) is 16.6. The smallest absolute Gasteiger partial charge is 0.320 e. The fourth-order valence-corrected chi connectivity index (χ4v) is 3.66. The Morgan fingerprint density at radius 2 is 1.67 bits per heavy atom. The Kier molecular flexibility index (Phi) is 5.51. The highest BCUT2D eigenvalue weighted by atomic mass is 32.1. The lowest BCUT2D eigenvalue weighted by molar-refractivity contribution is 0.0947. The molecule has 0 radical (unpaired) electrons. The molecule has 0 aliphatic heterocycles. The minimum Gasteiger partial charge on any atom is -0.346 e. The van der Waals surface area contributed by atoms with Crippen LogP contribution in [0.1, 0.15) is 20.2 Å². The van der Waals surface area contributed by atoms with Crippen LogP contribution in [-0.4, -0.2) is 21.5 Å². The molecule has 0 fully saturated rings. The van der Waals surface area contributed by atoms with Gasteiger partial charge in [0, 0.05) is 21.3 Å². The van der Waals surface area contributed by atoms with Gasteiger partial charge in [0.2, 0.25) is 0 Å². The summed E-state index contributed by atoms with van der Waals surface area (Å²) >= 11 is 4.08. The quantitative estimate of drug-likeness (QED) is 0.613. The molecule has 3 rings (SSSR count). The molecule has 3 aromatic heterocycles. The van der Waals surface area contributed by atoms with Gasteiger partial charge in [-0.2, -0.15) is 0 Å². The van der Waals surface area contributed by atoms with E-state index in [1.165, 1.54) is 0 Å². The summed E-state index contributed by atoms with van der Waals surface area (Å²) in [5, 5.41) is 16.1. The molecule has 3 N–H and O–H groups in total. The van der Waals surface area contributed by atoms with E-state index in [4.69, 9.17) is 0 Å². The molecule has 0 unspecified atom stereocenters. The van der Waals surface area contributed by atoms with E-state index in [-0.39, 0.29) is 11.6 Å². The first-order valence-corrected chi connectivity index (χ1v) is 9.46. The number of urea groups is 1. The summed E-state index contributed by atoms with van der Waals surface area (Å²) in [6, 6.07) is 7.30. The molecule has 0 aliphatic rings. The fourth-order valence-electron chi connectivity index (χ4n) is 1.81. The molecule has 3 aromatic rings. The van der Waals surface area contributed by atoms with E-state index in [0.717, 1.165) is 21.3 Å². The number of amides is 3. The largest absolute Gasteiger partial charge is 0.346 e. The molecule has 0 aliphatic carbocycles. The fraction of sp³-hybridized carbons (Fsp3) is 0.143. The first-order valence-electron chi connectivity index (χ1n) is 6.92. The molecule has 7 nitrogen and oxygen atoms in total. The lowest BCUT2D eigenvalue weighted by Crippen LogP contribution is -2.29. The zero-order valence-corrected chi connectivity index (χ0v) is 14.8. The molecule has 24 heavy (non-hydrogen) atoms. The SMILES string of the molecule is O=C(NCc1cccs1)Nc1snnc1C(=O)NCc1cccs1. The maximum atomic E-state index is 12.2. The summed E-state index contributed by atoms with van der Waals surface area (Å²) in [5.41, 5.74) is 0.114. The number of thiophene rings is 2. The summed E-state index contributed by atoms with van der Waals surface area (Å²) in [5.74, 6) is -0.370. The average molecular weight is 379 g/mol. The van der Waals surface area contributed by atoms with Crippen molar-refractivity contribution in [2.24, 2.45) is 0 Å². The number of hydrogen-bond acceptors (Lipinski definition) is 7. The first-order chi connectivity index (χ1) is 11.7. The number of anilines is 1. The van der Waals surface area contributed by atoms with Crippen LogP contribution in [-0.2, 0) is 13.1 Å². The van der Waals surface area contributed by atoms with Gasteiger partial charge in [-0.05, 0) is 22.9 Å². The lowest BCUT2D eigenvalue weighted by atomic mass is 10.4. The van der Waals surface area contributed by atoms with Crippen molar-refractivity contribution in [2.75, 3.05) is 5.32 Å². The van der Waals surface area contributed by atoms with Crippen LogP contribution in [0.15, 0.2) is 35.0 Å². The maximum absolute atomic E-state index is 12.2. The van der Waals surface area contributed by atoms with Crippen LogP contribution in [0.25, 0.3) is 0 Å². The number of nitrogens with one attached hydrogen (secondary N) is 3. The molecule has 0 spiro atoms.